The van der Waals surface area contributed by atoms with Crippen molar-refractivity contribution in [3.63, 3.8) is 0 Å². The first kappa shape index (κ1) is 24.5. The van der Waals surface area contributed by atoms with Gasteiger partial charge >= 0.3 is 5.69 Å². The van der Waals surface area contributed by atoms with Crippen molar-refractivity contribution in [2.24, 2.45) is 5.92 Å². The Kier molecular flexibility index (Phi) is 8.28. The predicted octanol–water partition coefficient (Wildman–Crippen LogP) is 2.23. The minimum absolute atomic E-state index is 0.0181. The summed E-state index contributed by atoms with van der Waals surface area (Å²) in [5.41, 5.74) is 5.82. The lowest BCUT2D eigenvalue weighted by Crippen LogP contribution is -2.43. The first-order chi connectivity index (χ1) is 15.8. The lowest BCUT2D eigenvalue weighted by molar-refractivity contribution is -0.116. The first-order valence-electron chi connectivity index (χ1n) is 10.5. The van der Waals surface area contributed by atoms with E-state index in [0.29, 0.717) is 9.47 Å². The number of carbonyl (C=O) groups excluding carboxylic acids is 1. The van der Waals surface area contributed by atoms with Gasteiger partial charge in [0.1, 0.15) is 5.82 Å². The fourth-order valence-corrected chi connectivity index (χ4v) is 4.83. The van der Waals surface area contributed by atoms with Gasteiger partial charge in [0.15, 0.2) is 10.0 Å². The van der Waals surface area contributed by atoms with Gasteiger partial charge in [0.05, 0.1) is 12.3 Å². The van der Waals surface area contributed by atoms with Crippen LogP contribution >= 0.6 is 23.1 Å². The van der Waals surface area contributed by atoms with Gasteiger partial charge < -0.3 is 16.0 Å². The Hall–Kier alpha value is -3.12. The molecule has 0 saturated heterocycles. The Morgan fingerprint density at radius 2 is 2.00 bits per heavy atom. The second-order valence-electron chi connectivity index (χ2n) is 7.66. The number of rotatable bonds is 10. The standard InChI is InChI=1S/C21H27N7O3S2/c1-4-23-19-25-26-21(33-19)32-12-15(29)27(10-13(2)3)16-17(22)28(20(31)24-18(16)30)11-14-8-6-5-7-9-14/h5-9,13H,4,10-12,22H2,1-3H3,(H,23,25)(H,24,30,31). The molecule has 0 saturated carbocycles. The number of hydrogen-bond acceptors (Lipinski definition) is 9. The number of anilines is 3. The van der Waals surface area contributed by atoms with E-state index < -0.39 is 11.2 Å². The van der Waals surface area contributed by atoms with Crippen molar-refractivity contribution in [1.82, 2.24) is 19.7 Å². The molecule has 0 atom stereocenters. The molecule has 2 heterocycles. The number of nitrogens with two attached hydrogens (primary N) is 1. The van der Waals surface area contributed by atoms with E-state index in [0.717, 1.165) is 12.1 Å². The monoisotopic (exact) mass is 489 g/mol. The van der Waals surface area contributed by atoms with Crippen LogP contribution in [0.4, 0.5) is 16.6 Å². The lowest BCUT2D eigenvalue weighted by Gasteiger charge is -2.26. The van der Waals surface area contributed by atoms with Crippen molar-refractivity contribution in [1.29, 1.82) is 0 Å². The summed E-state index contributed by atoms with van der Waals surface area (Å²) in [6.45, 7) is 7.00. The molecular formula is C21H27N7O3S2. The Morgan fingerprint density at radius 1 is 1.27 bits per heavy atom. The minimum Gasteiger partial charge on any atom is -0.383 e. The molecule has 3 rings (SSSR count). The Morgan fingerprint density at radius 3 is 2.67 bits per heavy atom. The molecule has 3 aromatic rings. The quantitative estimate of drug-likeness (QED) is 0.369. The van der Waals surface area contributed by atoms with E-state index in [4.69, 9.17) is 5.73 Å². The summed E-state index contributed by atoms with van der Waals surface area (Å²) in [7, 11) is 0. The van der Waals surface area contributed by atoms with Crippen LogP contribution in [0, 0.1) is 5.92 Å². The smallest absolute Gasteiger partial charge is 0.330 e. The van der Waals surface area contributed by atoms with Crippen LogP contribution in [0.25, 0.3) is 0 Å². The molecule has 0 fully saturated rings. The Balaban J connectivity index is 1.90. The average Bonchev–Trinajstić information content (AvgIpc) is 3.22. The third kappa shape index (κ3) is 6.23. The molecule has 10 nitrogen and oxygen atoms in total. The summed E-state index contributed by atoms with van der Waals surface area (Å²) in [5, 5.41) is 11.9. The van der Waals surface area contributed by atoms with Crippen LogP contribution in [0.1, 0.15) is 26.3 Å². The molecule has 0 aliphatic rings. The van der Waals surface area contributed by atoms with E-state index >= 15 is 0 Å². The summed E-state index contributed by atoms with van der Waals surface area (Å²) in [6.07, 6.45) is 0. The SMILES string of the molecule is CCNc1nnc(SCC(=O)N(CC(C)C)c2c(N)n(Cc3ccccc3)c(=O)[nH]c2=O)s1. The number of nitrogen functional groups attached to an aromatic ring is 1. The van der Waals surface area contributed by atoms with Gasteiger partial charge in [0.25, 0.3) is 5.56 Å². The zero-order chi connectivity index (χ0) is 24.0. The van der Waals surface area contributed by atoms with Crippen LogP contribution in [0.5, 0.6) is 0 Å². The van der Waals surface area contributed by atoms with Gasteiger partial charge in [-0.1, -0.05) is 67.3 Å². The van der Waals surface area contributed by atoms with Crippen LogP contribution in [0.3, 0.4) is 0 Å². The highest BCUT2D eigenvalue weighted by Crippen LogP contribution is 2.27. The molecule has 0 aliphatic heterocycles. The van der Waals surface area contributed by atoms with Crippen LogP contribution in [0.15, 0.2) is 44.3 Å². The first-order valence-corrected chi connectivity index (χ1v) is 12.3. The number of thioether (sulfide) groups is 1. The number of carbonyl (C=O) groups is 1. The molecule has 176 valence electrons. The third-order valence-electron chi connectivity index (χ3n) is 4.57. The number of benzene rings is 1. The fraction of sp³-hybridized carbons (Fsp3) is 0.381. The number of hydrogen-bond donors (Lipinski definition) is 3. The van der Waals surface area contributed by atoms with Gasteiger partial charge in [-0.3, -0.25) is 19.1 Å². The highest BCUT2D eigenvalue weighted by molar-refractivity contribution is 8.01. The van der Waals surface area contributed by atoms with Crippen LogP contribution < -0.4 is 27.2 Å². The highest BCUT2D eigenvalue weighted by atomic mass is 32.2. The van der Waals surface area contributed by atoms with Crippen molar-refractivity contribution in [2.75, 3.05) is 34.8 Å². The molecule has 0 spiro atoms. The molecule has 0 unspecified atom stereocenters. The van der Waals surface area contributed by atoms with Gasteiger partial charge in [0.2, 0.25) is 11.0 Å². The van der Waals surface area contributed by atoms with Gasteiger partial charge in [-0.15, -0.1) is 10.2 Å². The maximum absolute atomic E-state index is 13.2. The maximum Gasteiger partial charge on any atom is 0.330 e. The van der Waals surface area contributed by atoms with Gasteiger partial charge in [-0.25, -0.2) is 4.79 Å². The number of amides is 1. The molecule has 0 radical (unpaired) electrons. The van der Waals surface area contributed by atoms with Crippen molar-refractivity contribution >= 4 is 45.6 Å². The second-order valence-corrected chi connectivity index (χ2v) is 9.86. The van der Waals surface area contributed by atoms with Gasteiger partial charge in [-0.2, -0.15) is 0 Å². The Labute approximate surface area is 199 Å². The minimum atomic E-state index is -0.689. The Bertz CT molecular complexity index is 1200. The number of aromatic nitrogens is 4. The van der Waals surface area contributed by atoms with E-state index in [1.165, 1.54) is 32.6 Å². The van der Waals surface area contributed by atoms with Crippen molar-refractivity contribution in [3.05, 3.63) is 56.7 Å². The van der Waals surface area contributed by atoms with Crippen molar-refractivity contribution < 1.29 is 4.79 Å². The average molecular weight is 490 g/mol. The van der Waals surface area contributed by atoms with Crippen LogP contribution in [-0.2, 0) is 11.3 Å². The normalized spacial score (nSPS) is 11.0. The van der Waals surface area contributed by atoms with Crippen LogP contribution in [-0.4, -0.2) is 44.5 Å². The van der Waals surface area contributed by atoms with Crippen molar-refractivity contribution in [3.8, 4) is 0 Å². The fourth-order valence-electron chi connectivity index (χ4n) is 3.14. The number of H-pyrrole nitrogens is 1. The topological polar surface area (TPSA) is 139 Å². The number of aromatic amines is 1. The van der Waals surface area contributed by atoms with E-state index in [-0.39, 0.29) is 42.2 Å². The van der Waals surface area contributed by atoms with E-state index in [9.17, 15) is 14.4 Å². The zero-order valence-electron chi connectivity index (χ0n) is 18.7. The molecule has 0 aliphatic carbocycles. The largest absolute Gasteiger partial charge is 0.383 e. The molecule has 1 aromatic carbocycles. The van der Waals surface area contributed by atoms with E-state index in [1.807, 2.05) is 51.1 Å². The molecule has 1 amide bonds. The molecule has 2 aromatic heterocycles. The van der Waals surface area contributed by atoms with Crippen LogP contribution in [0.2, 0.25) is 0 Å². The summed E-state index contributed by atoms with van der Waals surface area (Å²) >= 11 is 2.59. The van der Waals surface area contributed by atoms with Gasteiger partial charge in [-0.05, 0) is 18.4 Å². The molecular weight excluding hydrogens is 462 g/mol. The molecule has 4 N–H and O–H groups in total. The van der Waals surface area contributed by atoms with Crippen molar-refractivity contribution in [2.45, 2.75) is 31.7 Å². The number of nitrogens with one attached hydrogen (secondary N) is 2. The second kappa shape index (κ2) is 11.1. The summed E-state index contributed by atoms with van der Waals surface area (Å²) < 4.78 is 1.91. The zero-order valence-corrected chi connectivity index (χ0v) is 20.3. The molecule has 33 heavy (non-hydrogen) atoms. The highest BCUT2D eigenvalue weighted by Gasteiger charge is 2.25. The number of nitrogens with zero attached hydrogens (tertiary/aromatic N) is 4. The summed E-state index contributed by atoms with van der Waals surface area (Å²) in [4.78, 5) is 42.1. The lowest BCUT2D eigenvalue weighted by atomic mass is 10.2. The maximum atomic E-state index is 13.2. The van der Waals surface area contributed by atoms with E-state index in [2.05, 4.69) is 20.5 Å². The third-order valence-corrected chi connectivity index (χ3v) is 6.57. The predicted molar refractivity (Wildman–Crippen MR) is 133 cm³/mol. The molecule has 0 bridgehead atoms. The summed E-state index contributed by atoms with van der Waals surface area (Å²) in [6, 6.07) is 9.28. The molecule has 12 heteroatoms. The van der Waals surface area contributed by atoms with Gasteiger partial charge in [0, 0.05) is 13.1 Å². The van der Waals surface area contributed by atoms with E-state index in [1.54, 1.807) is 0 Å². The summed E-state index contributed by atoms with van der Waals surface area (Å²) in [5.74, 6) is -0.244.